The molecule has 4 rings (SSSR count). The van der Waals surface area contributed by atoms with Crippen molar-refractivity contribution in [3.63, 3.8) is 0 Å². The van der Waals surface area contributed by atoms with Crippen LogP contribution >= 0.6 is 0 Å². The Kier molecular flexibility index (Phi) is 4.19. The molecular weight excluding hydrogens is 314 g/mol. The minimum absolute atomic E-state index is 0.177. The molecule has 1 amide bonds. The highest BCUT2D eigenvalue weighted by atomic mass is 16.2. The monoisotopic (exact) mass is 339 g/mol. The number of hydrogen-bond donors (Lipinski definition) is 0. The highest BCUT2D eigenvalue weighted by Gasteiger charge is 2.29. The minimum atomic E-state index is 0.177. The van der Waals surface area contributed by atoms with Gasteiger partial charge >= 0.3 is 0 Å². The number of carbonyl (C=O) groups is 1. The topological polar surface area (TPSA) is 54.3 Å². The number of anilines is 1. The Labute approximate surface area is 148 Å². The van der Waals surface area contributed by atoms with Crippen LogP contribution in [-0.4, -0.2) is 51.8 Å². The van der Waals surface area contributed by atoms with Crippen LogP contribution in [-0.2, 0) is 7.05 Å². The lowest BCUT2D eigenvalue weighted by Crippen LogP contribution is -2.49. The van der Waals surface area contributed by atoms with Crippen molar-refractivity contribution in [2.45, 2.75) is 32.1 Å². The fourth-order valence-corrected chi connectivity index (χ4v) is 3.72. The van der Waals surface area contributed by atoms with Gasteiger partial charge < -0.3 is 14.4 Å². The predicted octanol–water partition coefficient (Wildman–Crippen LogP) is 2.35. The summed E-state index contributed by atoms with van der Waals surface area (Å²) < 4.78 is 2.00. The van der Waals surface area contributed by atoms with Crippen LogP contribution in [0.1, 0.15) is 46.9 Å². The lowest BCUT2D eigenvalue weighted by Gasteiger charge is -2.36. The van der Waals surface area contributed by atoms with Crippen LogP contribution in [0.15, 0.2) is 24.3 Å². The van der Waals surface area contributed by atoms with Gasteiger partial charge in [0.2, 0.25) is 5.95 Å². The largest absolute Gasteiger partial charge is 0.337 e. The molecule has 1 aromatic heterocycles. The molecule has 0 N–H and O–H groups in total. The summed E-state index contributed by atoms with van der Waals surface area (Å²) in [7, 11) is 1.98. The van der Waals surface area contributed by atoms with Crippen LogP contribution in [0, 0.1) is 6.92 Å². The molecule has 1 aliphatic carbocycles. The second-order valence-corrected chi connectivity index (χ2v) is 7.10. The summed E-state index contributed by atoms with van der Waals surface area (Å²) in [5.41, 5.74) is 2.14. The first-order chi connectivity index (χ1) is 12.1. The van der Waals surface area contributed by atoms with E-state index in [0.717, 1.165) is 43.5 Å². The maximum Gasteiger partial charge on any atom is 0.254 e. The maximum atomic E-state index is 13.1. The molecule has 0 atom stereocenters. The van der Waals surface area contributed by atoms with Crippen LogP contribution in [0.4, 0.5) is 5.95 Å². The molecule has 0 radical (unpaired) electrons. The van der Waals surface area contributed by atoms with Crippen LogP contribution in [0.3, 0.4) is 0 Å². The summed E-state index contributed by atoms with van der Waals surface area (Å²) in [6, 6.07) is 8.16. The zero-order valence-corrected chi connectivity index (χ0v) is 15.0. The number of aryl methyl sites for hydroxylation is 1. The van der Waals surface area contributed by atoms with Gasteiger partial charge in [-0.25, -0.2) is 0 Å². The van der Waals surface area contributed by atoms with Crippen LogP contribution in [0.25, 0.3) is 0 Å². The third-order valence-electron chi connectivity index (χ3n) is 5.66. The number of benzene rings is 1. The van der Waals surface area contributed by atoms with Gasteiger partial charge in [0.05, 0.1) is 0 Å². The third kappa shape index (κ3) is 2.90. The quantitative estimate of drug-likeness (QED) is 0.861. The van der Waals surface area contributed by atoms with Crippen molar-refractivity contribution in [1.82, 2.24) is 19.7 Å². The van der Waals surface area contributed by atoms with E-state index in [0.29, 0.717) is 5.92 Å². The molecular formula is C19H25N5O. The Morgan fingerprint density at radius 2 is 1.80 bits per heavy atom. The van der Waals surface area contributed by atoms with Crippen molar-refractivity contribution in [2.75, 3.05) is 31.1 Å². The fraction of sp³-hybridized carbons (Fsp3) is 0.526. The molecule has 0 bridgehead atoms. The lowest BCUT2D eigenvalue weighted by atomic mass is 9.78. The summed E-state index contributed by atoms with van der Waals surface area (Å²) in [5, 5.41) is 8.39. The summed E-state index contributed by atoms with van der Waals surface area (Å²) >= 11 is 0. The van der Waals surface area contributed by atoms with E-state index in [4.69, 9.17) is 0 Å². The molecule has 132 valence electrons. The van der Waals surface area contributed by atoms with E-state index >= 15 is 0 Å². The number of piperazine rings is 1. The molecule has 2 aliphatic rings. The number of aromatic nitrogens is 3. The van der Waals surface area contributed by atoms with E-state index in [1.165, 1.54) is 24.8 Å². The molecule has 6 nitrogen and oxygen atoms in total. The van der Waals surface area contributed by atoms with Crippen molar-refractivity contribution < 1.29 is 4.79 Å². The summed E-state index contributed by atoms with van der Waals surface area (Å²) in [6.07, 6.45) is 3.70. The van der Waals surface area contributed by atoms with Gasteiger partial charge in [-0.2, -0.15) is 0 Å². The van der Waals surface area contributed by atoms with Gasteiger partial charge in [-0.05, 0) is 37.3 Å². The number of hydrogen-bond acceptors (Lipinski definition) is 4. The molecule has 2 aromatic rings. The van der Waals surface area contributed by atoms with Crippen molar-refractivity contribution in [3.8, 4) is 0 Å². The maximum absolute atomic E-state index is 13.1. The Hall–Kier alpha value is -2.37. The van der Waals surface area contributed by atoms with E-state index in [-0.39, 0.29) is 5.91 Å². The Bertz CT molecular complexity index is 772. The van der Waals surface area contributed by atoms with Crippen LogP contribution in [0.2, 0.25) is 0 Å². The van der Waals surface area contributed by atoms with Crippen molar-refractivity contribution in [1.29, 1.82) is 0 Å². The first kappa shape index (κ1) is 16.1. The van der Waals surface area contributed by atoms with Crippen molar-refractivity contribution >= 4 is 11.9 Å². The lowest BCUT2D eigenvalue weighted by molar-refractivity contribution is 0.0743. The summed E-state index contributed by atoms with van der Waals surface area (Å²) in [5.74, 6) is 2.54. The molecule has 6 heteroatoms. The average molecular weight is 339 g/mol. The zero-order chi connectivity index (χ0) is 17.4. The minimum Gasteiger partial charge on any atom is -0.337 e. The molecule has 1 saturated carbocycles. The first-order valence-corrected chi connectivity index (χ1v) is 9.14. The first-order valence-electron chi connectivity index (χ1n) is 9.14. The van der Waals surface area contributed by atoms with Gasteiger partial charge in [0.15, 0.2) is 0 Å². The normalized spacial score (nSPS) is 18.3. The summed E-state index contributed by atoms with van der Waals surface area (Å²) in [6.45, 7) is 4.99. The highest BCUT2D eigenvalue weighted by molar-refractivity contribution is 5.96. The molecule has 0 unspecified atom stereocenters. The predicted molar refractivity (Wildman–Crippen MR) is 96.9 cm³/mol. The van der Waals surface area contributed by atoms with Gasteiger partial charge in [0, 0.05) is 38.8 Å². The fourth-order valence-electron chi connectivity index (χ4n) is 3.72. The van der Waals surface area contributed by atoms with Crippen molar-refractivity contribution in [2.24, 2.45) is 7.05 Å². The Morgan fingerprint density at radius 3 is 2.40 bits per heavy atom. The van der Waals surface area contributed by atoms with Gasteiger partial charge in [-0.1, -0.05) is 24.6 Å². The number of rotatable bonds is 3. The van der Waals surface area contributed by atoms with Gasteiger partial charge in [-0.15, -0.1) is 10.2 Å². The highest BCUT2D eigenvalue weighted by Crippen LogP contribution is 2.38. The van der Waals surface area contributed by atoms with E-state index in [2.05, 4.69) is 27.2 Å². The van der Waals surface area contributed by atoms with Crippen molar-refractivity contribution in [3.05, 3.63) is 41.2 Å². The van der Waals surface area contributed by atoms with E-state index in [9.17, 15) is 4.79 Å². The van der Waals surface area contributed by atoms with Gasteiger partial charge in [0.1, 0.15) is 5.82 Å². The zero-order valence-electron chi connectivity index (χ0n) is 15.0. The SMILES string of the molecule is Cc1nnc(N2CCN(C(=O)c3ccccc3C3CCC3)CC2)n1C. The van der Waals surface area contributed by atoms with Gasteiger partial charge in [-0.3, -0.25) is 4.79 Å². The molecule has 2 fully saturated rings. The number of carbonyl (C=O) groups excluding carboxylic acids is 1. The summed E-state index contributed by atoms with van der Waals surface area (Å²) in [4.78, 5) is 17.2. The molecule has 1 aromatic carbocycles. The Balaban J connectivity index is 1.46. The van der Waals surface area contributed by atoms with E-state index < -0.39 is 0 Å². The van der Waals surface area contributed by atoms with Crippen LogP contribution in [0.5, 0.6) is 0 Å². The second-order valence-electron chi connectivity index (χ2n) is 7.10. The van der Waals surface area contributed by atoms with E-state index in [1.807, 2.05) is 35.6 Å². The second kappa shape index (κ2) is 6.50. The molecule has 1 aliphatic heterocycles. The standard InChI is InChI=1S/C19H25N5O/c1-14-20-21-19(22(14)2)24-12-10-23(11-13-24)18(25)17-9-4-3-8-16(17)15-6-5-7-15/h3-4,8-9,15H,5-7,10-13H2,1-2H3. The molecule has 1 saturated heterocycles. The Morgan fingerprint density at radius 1 is 1.08 bits per heavy atom. The number of amides is 1. The van der Waals surface area contributed by atoms with Crippen LogP contribution < -0.4 is 4.90 Å². The van der Waals surface area contributed by atoms with E-state index in [1.54, 1.807) is 0 Å². The average Bonchev–Trinajstić information content (AvgIpc) is 2.93. The number of nitrogens with zero attached hydrogens (tertiary/aromatic N) is 5. The smallest absolute Gasteiger partial charge is 0.254 e. The molecule has 25 heavy (non-hydrogen) atoms. The molecule has 2 heterocycles. The third-order valence-corrected chi connectivity index (χ3v) is 5.66. The van der Waals surface area contributed by atoms with Gasteiger partial charge in [0.25, 0.3) is 5.91 Å². The molecule has 0 spiro atoms.